The van der Waals surface area contributed by atoms with Crippen LogP contribution in [0.2, 0.25) is 0 Å². The zero-order valence-electron chi connectivity index (χ0n) is 12.0. The van der Waals surface area contributed by atoms with Crippen LogP contribution in [0.4, 0.5) is 0 Å². The summed E-state index contributed by atoms with van der Waals surface area (Å²) in [5.74, 6) is -2.14. The number of sulfonamides is 1. The van der Waals surface area contributed by atoms with Crippen LogP contribution >= 0.6 is 0 Å². The highest BCUT2D eigenvalue weighted by Gasteiger charge is 2.28. The van der Waals surface area contributed by atoms with Crippen molar-refractivity contribution in [3.8, 4) is 0 Å². The van der Waals surface area contributed by atoms with E-state index in [1.807, 2.05) is 0 Å². The molecule has 0 spiro atoms. The first-order chi connectivity index (χ1) is 9.49. The Morgan fingerprint density at radius 3 is 2.29 bits per heavy atom. The van der Waals surface area contributed by atoms with E-state index in [1.54, 1.807) is 0 Å². The topological polar surface area (TPSA) is 127 Å². The van der Waals surface area contributed by atoms with Gasteiger partial charge in [0, 0.05) is 26.3 Å². The lowest BCUT2D eigenvalue weighted by atomic mass is 10.1. The Bertz CT molecular complexity index is 776. The summed E-state index contributed by atoms with van der Waals surface area (Å²) >= 11 is 0. The van der Waals surface area contributed by atoms with E-state index >= 15 is 0 Å². The number of hydrogen-bond acceptors (Lipinski definition) is 5. The van der Waals surface area contributed by atoms with Crippen LogP contribution in [0.25, 0.3) is 0 Å². The molecule has 10 heteroatoms. The zero-order chi connectivity index (χ0) is 16.5. The average Bonchev–Trinajstić information content (AvgIpc) is 2.38. The predicted molar refractivity (Wildman–Crippen MR) is 73.5 cm³/mol. The van der Waals surface area contributed by atoms with E-state index in [-0.39, 0.29) is 0 Å². The van der Waals surface area contributed by atoms with Crippen molar-refractivity contribution in [2.75, 3.05) is 0 Å². The molecule has 118 valence electrons. The molecule has 0 aliphatic heterocycles. The third kappa shape index (κ3) is 3.39. The number of carboxylic acids is 1. The highest BCUT2D eigenvalue weighted by Crippen LogP contribution is 2.08. The van der Waals surface area contributed by atoms with Gasteiger partial charge < -0.3 is 9.67 Å². The lowest BCUT2D eigenvalue weighted by molar-refractivity contribution is -0.141. The fourth-order valence-electron chi connectivity index (χ4n) is 1.58. The minimum atomic E-state index is -4.24. The molecule has 2 N–H and O–H groups in total. The highest BCUT2D eigenvalue weighted by atomic mass is 32.2. The van der Waals surface area contributed by atoms with Crippen molar-refractivity contribution in [3.63, 3.8) is 0 Å². The van der Waals surface area contributed by atoms with Crippen LogP contribution in [0, 0.1) is 5.92 Å². The van der Waals surface area contributed by atoms with Crippen LogP contribution < -0.4 is 16.0 Å². The quantitative estimate of drug-likeness (QED) is 0.678. The van der Waals surface area contributed by atoms with Crippen LogP contribution in [0.3, 0.4) is 0 Å². The van der Waals surface area contributed by atoms with Gasteiger partial charge in [0.2, 0.25) is 10.0 Å². The number of aromatic nitrogens is 2. The first kappa shape index (κ1) is 17.1. The van der Waals surface area contributed by atoms with Gasteiger partial charge in [-0.3, -0.25) is 14.2 Å². The van der Waals surface area contributed by atoms with Crippen LogP contribution in [0.1, 0.15) is 13.8 Å². The zero-order valence-corrected chi connectivity index (χ0v) is 12.8. The Morgan fingerprint density at radius 2 is 1.81 bits per heavy atom. The summed E-state index contributed by atoms with van der Waals surface area (Å²) in [6, 6.07) is -0.922. The van der Waals surface area contributed by atoms with Crippen molar-refractivity contribution in [1.82, 2.24) is 13.9 Å². The van der Waals surface area contributed by atoms with Crippen molar-refractivity contribution < 1.29 is 18.3 Å². The van der Waals surface area contributed by atoms with Crippen molar-refractivity contribution in [1.29, 1.82) is 0 Å². The maximum atomic E-state index is 12.2. The van der Waals surface area contributed by atoms with E-state index in [2.05, 4.69) is 4.72 Å². The van der Waals surface area contributed by atoms with Crippen molar-refractivity contribution in [3.05, 3.63) is 27.0 Å². The number of aliphatic carboxylic acids is 1. The van der Waals surface area contributed by atoms with Crippen LogP contribution in [0.15, 0.2) is 20.7 Å². The van der Waals surface area contributed by atoms with E-state index in [0.29, 0.717) is 4.57 Å². The lowest BCUT2D eigenvalue weighted by Gasteiger charge is -2.18. The largest absolute Gasteiger partial charge is 0.481 e. The SMILES string of the molecule is CC(NS(=O)(=O)c1cn(C)c(=O)n(C)c1=O)C(C)C(=O)O. The molecule has 2 atom stereocenters. The summed E-state index contributed by atoms with van der Waals surface area (Å²) in [7, 11) is -1.77. The summed E-state index contributed by atoms with van der Waals surface area (Å²) in [4.78, 5) is 33.6. The molecule has 0 saturated heterocycles. The van der Waals surface area contributed by atoms with Crippen LogP contribution in [0.5, 0.6) is 0 Å². The molecule has 1 aromatic heterocycles. The van der Waals surface area contributed by atoms with Gasteiger partial charge in [-0.1, -0.05) is 6.92 Å². The summed E-state index contributed by atoms with van der Waals surface area (Å²) < 4.78 is 28.1. The summed E-state index contributed by atoms with van der Waals surface area (Å²) in [5.41, 5.74) is -1.63. The molecule has 9 nitrogen and oxygen atoms in total. The molecule has 1 rings (SSSR count). The molecule has 0 radical (unpaired) electrons. The number of hydrogen-bond donors (Lipinski definition) is 2. The standard InChI is InChI=1S/C11H17N3O6S/c1-6(10(16)17)7(2)12-21(19,20)8-5-13(3)11(18)14(4)9(8)15/h5-7,12H,1-4H3,(H,16,17). The number of aryl methyl sites for hydroxylation is 1. The van der Waals surface area contributed by atoms with Gasteiger partial charge in [-0.25, -0.2) is 17.9 Å². The van der Waals surface area contributed by atoms with Gasteiger partial charge in [-0.15, -0.1) is 0 Å². The molecular formula is C11H17N3O6S. The number of nitrogens with zero attached hydrogens (tertiary/aromatic N) is 2. The summed E-state index contributed by atoms with van der Waals surface area (Å²) in [5, 5.41) is 8.85. The molecule has 0 bridgehead atoms. The lowest BCUT2D eigenvalue weighted by Crippen LogP contribution is -2.45. The van der Waals surface area contributed by atoms with E-state index in [0.717, 1.165) is 17.8 Å². The summed E-state index contributed by atoms with van der Waals surface area (Å²) in [6.45, 7) is 2.72. The van der Waals surface area contributed by atoms with E-state index < -0.39 is 44.1 Å². The van der Waals surface area contributed by atoms with Gasteiger partial charge in [0.25, 0.3) is 5.56 Å². The molecule has 21 heavy (non-hydrogen) atoms. The number of carbonyl (C=O) groups is 1. The molecule has 0 aliphatic carbocycles. The van der Waals surface area contributed by atoms with Gasteiger partial charge >= 0.3 is 11.7 Å². The minimum Gasteiger partial charge on any atom is -0.481 e. The minimum absolute atomic E-state index is 0.614. The molecule has 0 aliphatic rings. The second-order valence-electron chi connectivity index (χ2n) is 4.79. The Kier molecular flexibility index (Phi) is 4.74. The van der Waals surface area contributed by atoms with Crippen molar-refractivity contribution in [2.24, 2.45) is 20.0 Å². The molecule has 0 saturated carbocycles. The van der Waals surface area contributed by atoms with Gasteiger partial charge in [0.15, 0.2) is 4.90 Å². The van der Waals surface area contributed by atoms with Gasteiger partial charge in [-0.2, -0.15) is 0 Å². The van der Waals surface area contributed by atoms with E-state index in [1.165, 1.54) is 20.9 Å². The Balaban J connectivity index is 3.31. The number of carboxylic acid groups (broad SMARTS) is 1. The number of nitrogens with one attached hydrogen (secondary N) is 1. The first-order valence-corrected chi connectivity index (χ1v) is 7.49. The molecule has 1 aromatic rings. The Labute approximate surface area is 120 Å². The van der Waals surface area contributed by atoms with Crippen LogP contribution in [-0.2, 0) is 28.9 Å². The molecule has 2 unspecified atom stereocenters. The van der Waals surface area contributed by atoms with Crippen molar-refractivity contribution in [2.45, 2.75) is 24.8 Å². The maximum Gasteiger partial charge on any atom is 0.330 e. The first-order valence-electron chi connectivity index (χ1n) is 6.01. The summed E-state index contributed by atoms with van der Waals surface area (Å²) in [6.07, 6.45) is 0.908. The average molecular weight is 319 g/mol. The molecule has 1 heterocycles. The molecule has 0 fully saturated rings. The normalized spacial score (nSPS) is 14.7. The molecular weight excluding hydrogens is 302 g/mol. The van der Waals surface area contributed by atoms with E-state index in [4.69, 9.17) is 5.11 Å². The predicted octanol–water partition coefficient (Wildman–Crippen LogP) is -1.53. The number of rotatable bonds is 5. The van der Waals surface area contributed by atoms with Gasteiger partial charge in [-0.05, 0) is 6.92 Å². The Hall–Kier alpha value is -1.94. The monoisotopic (exact) mass is 319 g/mol. The molecule has 0 aromatic carbocycles. The fraction of sp³-hybridized carbons (Fsp3) is 0.545. The second-order valence-corrected chi connectivity index (χ2v) is 6.47. The van der Waals surface area contributed by atoms with Crippen molar-refractivity contribution >= 4 is 16.0 Å². The van der Waals surface area contributed by atoms with Crippen LogP contribution in [-0.4, -0.2) is 34.7 Å². The third-order valence-corrected chi connectivity index (χ3v) is 4.73. The van der Waals surface area contributed by atoms with E-state index in [9.17, 15) is 22.8 Å². The maximum absolute atomic E-state index is 12.2. The van der Waals surface area contributed by atoms with Gasteiger partial charge in [0.1, 0.15) is 0 Å². The highest BCUT2D eigenvalue weighted by molar-refractivity contribution is 7.89. The Morgan fingerprint density at radius 1 is 1.29 bits per heavy atom. The smallest absolute Gasteiger partial charge is 0.330 e. The third-order valence-electron chi connectivity index (χ3n) is 3.19. The second kappa shape index (κ2) is 5.82. The van der Waals surface area contributed by atoms with Gasteiger partial charge in [0.05, 0.1) is 5.92 Å². The molecule has 0 amide bonds. The fourth-order valence-corrected chi connectivity index (χ4v) is 3.07.